The number of nitrogens with one attached hydrogen (secondary N) is 1. The van der Waals surface area contributed by atoms with E-state index in [1.807, 2.05) is 0 Å². The molecule has 0 aromatic heterocycles. The second kappa shape index (κ2) is 41.8. The van der Waals surface area contributed by atoms with Gasteiger partial charge in [0.1, 0.15) is 18.2 Å². The van der Waals surface area contributed by atoms with Crippen molar-refractivity contribution in [2.45, 2.75) is 308 Å². The normalized spacial score (nSPS) is 19.9. The Hall–Kier alpha value is -1.11. The Bertz CT molecular complexity index is 1160. The van der Waals surface area contributed by atoms with Gasteiger partial charge in [0.2, 0.25) is 5.91 Å². The largest absolute Gasteiger partial charge is 0.470 e. The first-order valence-corrected chi connectivity index (χ1v) is 28.8. The molecular formula is C52H102NO11P. The van der Waals surface area contributed by atoms with Crippen molar-refractivity contribution in [1.29, 1.82) is 0 Å². The number of rotatable bonds is 46. The van der Waals surface area contributed by atoms with Gasteiger partial charge >= 0.3 is 13.8 Å². The van der Waals surface area contributed by atoms with Crippen LogP contribution in [0.1, 0.15) is 271 Å². The minimum atomic E-state index is -5.22. The van der Waals surface area contributed by atoms with Crippen molar-refractivity contribution in [3.8, 4) is 0 Å². The van der Waals surface area contributed by atoms with Crippen molar-refractivity contribution >= 4 is 19.7 Å². The van der Waals surface area contributed by atoms with Crippen LogP contribution in [0.25, 0.3) is 0 Å². The predicted octanol–water partition coefficient (Wildman–Crippen LogP) is 12.8. The van der Waals surface area contributed by atoms with E-state index in [-0.39, 0.29) is 18.8 Å². The number of aliphatic hydroxyl groups is 3. The molecule has 0 aliphatic carbocycles. The summed E-state index contributed by atoms with van der Waals surface area (Å²) in [5.41, 5.74) is 0. The van der Waals surface area contributed by atoms with E-state index in [0.717, 1.165) is 77.0 Å². The summed E-state index contributed by atoms with van der Waals surface area (Å²) in [5.74, 6) is -1.25. The van der Waals surface area contributed by atoms with Crippen molar-refractivity contribution in [3.05, 3.63) is 0 Å². The first-order chi connectivity index (χ1) is 31.4. The van der Waals surface area contributed by atoms with Crippen LogP contribution >= 0.6 is 7.82 Å². The van der Waals surface area contributed by atoms with E-state index in [2.05, 4.69) is 26.1 Å². The average Bonchev–Trinajstić information content (AvgIpc) is 3.26. The SMILES string of the molecule is CCCCCCCCCCCCCCCCCCC(CCCCCCCCCCC)CC(=O)O[C@H]1[C@H](OP(=O)(O)O)[C@@H](CO)OC(O)[C@@H]1NC(=O)C[C@H](O)CCCCCCCCCCC. The second-order valence-electron chi connectivity index (χ2n) is 19.6. The topological polar surface area (TPSA) is 192 Å². The zero-order valence-corrected chi connectivity index (χ0v) is 42.9. The van der Waals surface area contributed by atoms with E-state index < -0.39 is 63.1 Å². The van der Waals surface area contributed by atoms with Gasteiger partial charge < -0.3 is 39.9 Å². The molecule has 386 valence electrons. The number of esters is 1. The van der Waals surface area contributed by atoms with Crippen LogP contribution < -0.4 is 5.32 Å². The highest BCUT2D eigenvalue weighted by Crippen LogP contribution is 2.42. The Morgan fingerprint density at radius 3 is 1.26 bits per heavy atom. The Kier molecular flexibility index (Phi) is 39.8. The van der Waals surface area contributed by atoms with E-state index in [4.69, 9.17) is 14.0 Å². The van der Waals surface area contributed by atoms with Crippen LogP contribution in [0.5, 0.6) is 0 Å². The number of aliphatic hydroxyl groups excluding tert-OH is 3. The van der Waals surface area contributed by atoms with Gasteiger partial charge in [0.15, 0.2) is 12.4 Å². The van der Waals surface area contributed by atoms with Gasteiger partial charge in [0.25, 0.3) is 0 Å². The molecular weight excluding hydrogens is 846 g/mol. The maximum absolute atomic E-state index is 13.8. The van der Waals surface area contributed by atoms with Crippen molar-refractivity contribution in [2.24, 2.45) is 5.92 Å². The van der Waals surface area contributed by atoms with Gasteiger partial charge in [-0.05, 0) is 25.2 Å². The minimum Gasteiger partial charge on any atom is -0.457 e. The van der Waals surface area contributed by atoms with Crippen LogP contribution in [0.2, 0.25) is 0 Å². The molecule has 1 saturated heterocycles. The van der Waals surface area contributed by atoms with Gasteiger partial charge in [-0.15, -0.1) is 0 Å². The molecule has 1 heterocycles. The lowest BCUT2D eigenvalue weighted by Crippen LogP contribution is -2.65. The molecule has 12 nitrogen and oxygen atoms in total. The van der Waals surface area contributed by atoms with Crippen molar-refractivity contribution in [3.63, 3.8) is 0 Å². The standard InChI is InChI=1S/C52H102NO11P/c1-4-7-10-13-16-19-20-21-22-23-24-25-28-30-33-36-39-44(38-35-32-29-26-17-14-11-8-5-2)41-48(57)63-51-49(52(58)62-46(43-54)50(51)64-65(59,60)61)53-47(56)42-45(55)40-37-34-31-27-18-15-12-9-6-3/h44-46,49-52,54-55,58H,4-43H2,1-3H3,(H,53,56)(H2,59,60,61)/t44?,45-,46-,49-,50-,51-,52?/m1/s1. The number of unbranched alkanes of at least 4 members (excludes halogenated alkanes) is 31. The molecule has 1 fully saturated rings. The molecule has 0 aromatic carbocycles. The molecule has 0 saturated carbocycles. The number of phosphoric ester groups is 1. The number of amides is 1. The monoisotopic (exact) mass is 948 g/mol. The Morgan fingerprint density at radius 2 is 0.908 bits per heavy atom. The summed E-state index contributed by atoms with van der Waals surface area (Å²) in [5, 5.41) is 34.4. The number of phosphoric acid groups is 1. The van der Waals surface area contributed by atoms with Crippen molar-refractivity contribution in [2.75, 3.05) is 6.61 Å². The van der Waals surface area contributed by atoms with Crippen LogP contribution in [0.3, 0.4) is 0 Å². The van der Waals surface area contributed by atoms with Gasteiger partial charge in [-0.2, -0.15) is 0 Å². The minimum absolute atomic E-state index is 0.0301. The molecule has 1 aliphatic rings. The Balaban J connectivity index is 2.82. The fourth-order valence-electron chi connectivity index (χ4n) is 9.41. The fourth-order valence-corrected chi connectivity index (χ4v) is 9.98. The van der Waals surface area contributed by atoms with Gasteiger partial charge in [-0.25, -0.2) is 4.57 Å². The van der Waals surface area contributed by atoms with Crippen LogP contribution in [-0.4, -0.2) is 80.3 Å². The van der Waals surface area contributed by atoms with Crippen LogP contribution in [0.15, 0.2) is 0 Å². The van der Waals surface area contributed by atoms with E-state index in [9.17, 15) is 39.3 Å². The van der Waals surface area contributed by atoms with Crippen molar-refractivity contribution < 1.29 is 53.3 Å². The molecule has 1 rings (SSSR count). The summed E-state index contributed by atoms with van der Waals surface area (Å²) in [4.78, 5) is 46.7. The molecule has 0 radical (unpaired) electrons. The molecule has 2 unspecified atom stereocenters. The Labute approximate surface area is 397 Å². The molecule has 13 heteroatoms. The molecule has 1 aliphatic heterocycles. The molecule has 0 spiro atoms. The molecule has 6 N–H and O–H groups in total. The van der Waals surface area contributed by atoms with E-state index in [1.54, 1.807) is 0 Å². The predicted molar refractivity (Wildman–Crippen MR) is 263 cm³/mol. The van der Waals surface area contributed by atoms with E-state index >= 15 is 0 Å². The quantitative estimate of drug-likeness (QED) is 0.0193. The molecule has 7 atom stereocenters. The fraction of sp³-hybridized carbons (Fsp3) is 0.962. The van der Waals surface area contributed by atoms with Crippen LogP contribution in [0, 0.1) is 5.92 Å². The number of carbonyl (C=O) groups excluding carboxylic acids is 2. The van der Waals surface area contributed by atoms with Gasteiger partial charge in [-0.3, -0.25) is 14.1 Å². The van der Waals surface area contributed by atoms with Gasteiger partial charge in [0, 0.05) is 6.42 Å². The smallest absolute Gasteiger partial charge is 0.457 e. The lowest BCUT2D eigenvalue weighted by Gasteiger charge is -2.43. The average molecular weight is 948 g/mol. The lowest BCUT2D eigenvalue weighted by atomic mass is 9.91. The Morgan fingerprint density at radius 1 is 0.554 bits per heavy atom. The number of hydrogen-bond acceptors (Lipinski definition) is 9. The highest BCUT2D eigenvalue weighted by atomic mass is 31.2. The third kappa shape index (κ3) is 34.8. The molecule has 0 aromatic rings. The zero-order valence-electron chi connectivity index (χ0n) is 42.0. The summed E-state index contributed by atoms with van der Waals surface area (Å²) in [6, 6.07) is -1.47. The number of carbonyl (C=O) groups is 2. The van der Waals surface area contributed by atoms with E-state index in [1.165, 1.54) is 154 Å². The van der Waals surface area contributed by atoms with E-state index in [0.29, 0.717) is 6.42 Å². The lowest BCUT2D eigenvalue weighted by molar-refractivity contribution is -0.256. The van der Waals surface area contributed by atoms with Crippen molar-refractivity contribution in [1.82, 2.24) is 5.32 Å². The molecule has 1 amide bonds. The first kappa shape index (κ1) is 61.9. The van der Waals surface area contributed by atoms with Crippen LogP contribution in [-0.2, 0) is 28.2 Å². The first-order valence-electron chi connectivity index (χ1n) is 27.3. The highest BCUT2D eigenvalue weighted by molar-refractivity contribution is 7.46. The summed E-state index contributed by atoms with van der Waals surface area (Å²) in [6.07, 6.45) is 35.8. The second-order valence-corrected chi connectivity index (χ2v) is 20.8. The number of ether oxygens (including phenoxy) is 2. The third-order valence-electron chi connectivity index (χ3n) is 13.4. The summed E-state index contributed by atoms with van der Waals surface area (Å²) in [6.45, 7) is 5.89. The van der Waals surface area contributed by atoms with Gasteiger partial charge in [-0.1, -0.05) is 239 Å². The van der Waals surface area contributed by atoms with Gasteiger partial charge in [0.05, 0.1) is 19.1 Å². The maximum Gasteiger partial charge on any atom is 0.470 e. The molecule has 65 heavy (non-hydrogen) atoms. The number of hydrogen-bond donors (Lipinski definition) is 6. The molecule has 0 bridgehead atoms. The summed E-state index contributed by atoms with van der Waals surface area (Å²) >= 11 is 0. The maximum atomic E-state index is 13.8. The zero-order chi connectivity index (χ0) is 47.8. The van der Waals surface area contributed by atoms with Crippen LogP contribution in [0.4, 0.5) is 0 Å². The highest BCUT2D eigenvalue weighted by Gasteiger charge is 2.51. The summed E-state index contributed by atoms with van der Waals surface area (Å²) in [7, 11) is -5.22. The third-order valence-corrected chi connectivity index (χ3v) is 13.9. The summed E-state index contributed by atoms with van der Waals surface area (Å²) < 4.78 is 28.6.